The highest BCUT2D eigenvalue weighted by molar-refractivity contribution is 5.70. The van der Waals surface area contributed by atoms with Crippen LogP contribution in [0.3, 0.4) is 0 Å². The Morgan fingerprint density at radius 2 is 1.57 bits per heavy atom. The third-order valence-electron chi connectivity index (χ3n) is 6.22. The molecule has 0 spiro atoms. The number of aryl methyl sites for hydroxylation is 2. The van der Waals surface area contributed by atoms with Gasteiger partial charge >= 0.3 is 6.09 Å². The zero-order chi connectivity index (χ0) is 26.4. The molecule has 0 atom stereocenters. The van der Waals surface area contributed by atoms with Gasteiger partial charge in [-0.25, -0.2) is 9.78 Å². The van der Waals surface area contributed by atoms with Crippen LogP contribution >= 0.6 is 0 Å². The number of hydrogen-bond acceptors (Lipinski definition) is 5. The van der Waals surface area contributed by atoms with Crippen molar-refractivity contribution >= 4 is 6.09 Å². The van der Waals surface area contributed by atoms with Gasteiger partial charge in [0.25, 0.3) is 0 Å². The standard InChI is InChI=1S/C31H34N2O4/c1-6-33(30(34)37-27-16-12-22(2)13-17-27)20-24-14-18-26(19-15-24)35-21-31(4,5)28-23(3)36-29(32-28)25-10-8-7-9-11-25/h7-19H,6,20-21H2,1-5H3. The third kappa shape index (κ3) is 6.58. The number of benzene rings is 3. The van der Waals surface area contributed by atoms with E-state index in [0.717, 1.165) is 33.9 Å². The number of nitrogens with zero attached hydrogens (tertiary/aromatic N) is 2. The smallest absolute Gasteiger partial charge is 0.415 e. The summed E-state index contributed by atoms with van der Waals surface area (Å²) in [5.74, 6) is 2.71. The molecule has 0 N–H and O–H groups in total. The van der Waals surface area contributed by atoms with Crippen LogP contribution in [0.25, 0.3) is 11.5 Å². The second-order valence-electron chi connectivity index (χ2n) is 9.80. The van der Waals surface area contributed by atoms with E-state index in [0.29, 0.717) is 31.3 Å². The maximum absolute atomic E-state index is 12.6. The SMILES string of the molecule is CCN(Cc1ccc(OCC(C)(C)c2nc(-c3ccccc3)oc2C)cc1)C(=O)Oc1ccc(C)cc1. The van der Waals surface area contributed by atoms with Gasteiger partial charge in [0.15, 0.2) is 0 Å². The Balaban J connectivity index is 1.35. The summed E-state index contributed by atoms with van der Waals surface area (Å²) in [6.45, 7) is 11.5. The van der Waals surface area contributed by atoms with E-state index >= 15 is 0 Å². The number of oxazole rings is 1. The predicted molar refractivity (Wildman–Crippen MR) is 145 cm³/mol. The molecule has 1 amide bonds. The lowest BCUT2D eigenvalue weighted by Crippen LogP contribution is -2.32. The van der Waals surface area contributed by atoms with Crippen LogP contribution < -0.4 is 9.47 Å². The lowest BCUT2D eigenvalue weighted by atomic mass is 9.89. The van der Waals surface area contributed by atoms with Crippen molar-refractivity contribution < 1.29 is 18.7 Å². The van der Waals surface area contributed by atoms with Gasteiger partial charge in [-0.1, -0.05) is 61.9 Å². The number of carbonyl (C=O) groups is 1. The first kappa shape index (κ1) is 26.0. The van der Waals surface area contributed by atoms with E-state index in [4.69, 9.17) is 18.9 Å². The van der Waals surface area contributed by atoms with E-state index in [1.165, 1.54) is 0 Å². The molecular weight excluding hydrogens is 464 g/mol. The summed E-state index contributed by atoms with van der Waals surface area (Å²) in [7, 11) is 0. The zero-order valence-electron chi connectivity index (χ0n) is 22.2. The number of aromatic nitrogens is 1. The van der Waals surface area contributed by atoms with Crippen molar-refractivity contribution in [3.05, 3.63) is 101 Å². The van der Waals surface area contributed by atoms with Crippen LogP contribution in [0.15, 0.2) is 83.3 Å². The largest absolute Gasteiger partial charge is 0.493 e. The van der Waals surface area contributed by atoms with Gasteiger partial charge in [-0.15, -0.1) is 0 Å². The van der Waals surface area contributed by atoms with Crippen molar-refractivity contribution in [2.75, 3.05) is 13.2 Å². The number of rotatable bonds is 9. The fourth-order valence-electron chi connectivity index (χ4n) is 4.05. The van der Waals surface area contributed by atoms with E-state index in [2.05, 4.69) is 13.8 Å². The van der Waals surface area contributed by atoms with E-state index < -0.39 is 0 Å². The van der Waals surface area contributed by atoms with Crippen LogP contribution in [0, 0.1) is 13.8 Å². The van der Waals surface area contributed by atoms with E-state index in [1.807, 2.05) is 87.5 Å². The maximum Gasteiger partial charge on any atom is 0.415 e. The molecule has 0 unspecified atom stereocenters. The zero-order valence-corrected chi connectivity index (χ0v) is 22.2. The molecule has 37 heavy (non-hydrogen) atoms. The van der Waals surface area contributed by atoms with Crippen molar-refractivity contribution in [3.8, 4) is 23.0 Å². The van der Waals surface area contributed by atoms with Gasteiger partial charge in [0.05, 0.1) is 12.3 Å². The Bertz CT molecular complexity index is 1310. The van der Waals surface area contributed by atoms with Gasteiger partial charge in [0.2, 0.25) is 5.89 Å². The van der Waals surface area contributed by atoms with E-state index in [9.17, 15) is 4.79 Å². The molecule has 0 saturated heterocycles. The summed E-state index contributed by atoms with van der Waals surface area (Å²) in [6.07, 6.45) is -0.369. The van der Waals surface area contributed by atoms with Crippen LogP contribution in [-0.2, 0) is 12.0 Å². The molecule has 4 rings (SSSR count). The molecular formula is C31H34N2O4. The van der Waals surface area contributed by atoms with Crippen LogP contribution in [0.4, 0.5) is 4.79 Å². The molecule has 0 aliphatic carbocycles. The fourth-order valence-corrected chi connectivity index (χ4v) is 4.05. The Morgan fingerprint density at radius 1 is 0.919 bits per heavy atom. The lowest BCUT2D eigenvalue weighted by molar-refractivity contribution is 0.152. The molecule has 6 nitrogen and oxygen atoms in total. The van der Waals surface area contributed by atoms with Gasteiger partial charge in [-0.3, -0.25) is 0 Å². The normalized spacial score (nSPS) is 11.3. The van der Waals surface area contributed by atoms with Gasteiger partial charge in [-0.05, 0) is 62.7 Å². The van der Waals surface area contributed by atoms with Crippen molar-refractivity contribution in [2.24, 2.45) is 0 Å². The molecule has 3 aromatic carbocycles. The molecule has 0 radical (unpaired) electrons. The first-order chi connectivity index (χ1) is 17.7. The van der Waals surface area contributed by atoms with Crippen LogP contribution in [0.1, 0.15) is 43.4 Å². The van der Waals surface area contributed by atoms with Gasteiger partial charge in [0, 0.05) is 24.1 Å². The molecule has 0 aliphatic rings. The van der Waals surface area contributed by atoms with Gasteiger partial charge < -0.3 is 18.8 Å². The number of amides is 1. The average Bonchev–Trinajstić information content (AvgIpc) is 3.31. The summed E-state index contributed by atoms with van der Waals surface area (Å²) in [4.78, 5) is 19.1. The van der Waals surface area contributed by atoms with Gasteiger partial charge in [0.1, 0.15) is 17.3 Å². The van der Waals surface area contributed by atoms with Crippen LogP contribution in [-0.4, -0.2) is 29.1 Å². The molecule has 1 aromatic heterocycles. The lowest BCUT2D eigenvalue weighted by Gasteiger charge is -2.23. The molecule has 0 saturated carbocycles. The highest BCUT2D eigenvalue weighted by Gasteiger charge is 2.29. The summed E-state index contributed by atoms with van der Waals surface area (Å²) >= 11 is 0. The predicted octanol–water partition coefficient (Wildman–Crippen LogP) is 7.34. The van der Waals surface area contributed by atoms with Gasteiger partial charge in [-0.2, -0.15) is 0 Å². The van der Waals surface area contributed by atoms with Crippen molar-refractivity contribution in [1.82, 2.24) is 9.88 Å². The molecule has 0 bridgehead atoms. The number of ether oxygens (including phenoxy) is 2. The monoisotopic (exact) mass is 498 g/mol. The highest BCUT2D eigenvalue weighted by Crippen LogP contribution is 2.31. The second kappa shape index (κ2) is 11.3. The van der Waals surface area contributed by atoms with Crippen LogP contribution in [0.5, 0.6) is 11.5 Å². The Morgan fingerprint density at radius 3 is 2.22 bits per heavy atom. The van der Waals surface area contributed by atoms with Crippen molar-refractivity contribution in [1.29, 1.82) is 0 Å². The molecule has 192 valence electrons. The fraction of sp³-hybridized carbons (Fsp3) is 0.290. The Hall–Kier alpha value is -4.06. The maximum atomic E-state index is 12.6. The average molecular weight is 499 g/mol. The quantitative estimate of drug-likeness (QED) is 0.242. The second-order valence-corrected chi connectivity index (χ2v) is 9.80. The summed E-state index contributed by atoms with van der Waals surface area (Å²) in [5.41, 5.74) is 3.60. The van der Waals surface area contributed by atoms with E-state index in [1.54, 1.807) is 17.0 Å². The van der Waals surface area contributed by atoms with E-state index in [-0.39, 0.29) is 11.5 Å². The molecule has 1 heterocycles. The Labute approximate surface area is 218 Å². The third-order valence-corrected chi connectivity index (χ3v) is 6.22. The summed E-state index contributed by atoms with van der Waals surface area (Å²) in [6, 6.07) is 25.1. The topological polar surface area (TPSA) is 64.8 Å². The summed E-state index contributed by atoms with van der Waals surface area (Å²) in [5, 5.41) is 0. The van der Waals surface area contributed by atoms with Crippen LogP contribution in [0.2, 0.25) is 0 Å². The summed E-state index contributed by atoms with van der Waals surface area (Å²) < 4.78 is 17.6. The first-order valence-corrected chi connectivity index (χ1v) is 12.5. The molecule has 0 aliphatic heterocycles. The first-order valence-electron chi connectivity index (χ1n) is 12.5. The minimum Gasteiger partial charge on any atom is -0.493 e. The molecule has 6 heteroatoms. The highest BCUT2D eigenvalue weighted by atomic mass is 16.6. The molecule has 0 fully saturated rings. The molecule has 4 aromatic rings. The number of carbonyl (C=O) groups excluding carboxylic acids is 1. The minimum absolute atomic E-state index is 0.349. The van der Waals surface area contributed by atoms with Crippen molar-refractivity contribution in [2.45, 2.75) is 46.6 Å². The Kier molecular flexibility index (Phi) is 7.97. The van der Waals surface area contributed by atoms with Crippen molar-refractivity contribution in [3.63, 3.8) is 0 Å². The number of hydrogen-bond donors (Lipinski definition) is 0. The minimum atomic E-state index is -0.369.